The summed E-state index contributed by atoms with van der Waals surface area (Å²) in [5, 5.41) is 3.29. The van der Waals surface area contributed by atoms with Crippen LogP contribution in [0.4, 0.5) is 11.6 Å². The number of aromatic nitrogens is 2. The van der Waals surface area contributed by atoms with Crippen molar-refractivity contribution >= 4 is 11.6 Å². The summed E-state index contributed by atoms with van der Waals surface area (Å²) in [6, 6.07) is 10.1. The molecule has 0 bridgehead atoms. The van der Waals surface area contributed by atoms with Crippen LogP contribution in [0.5, 0.6) is 0 Å². The number of rotatable bonds is 4. The van der Waals surface area contributed by atoms with E-state index in [9.17, 15) is 0 Å². The molecule has 3 nitrogen and oxygen atoms in total. The topological polar surface area (TPSA) is 29.9 Å². The van der Waals surface area contributed by atoms with Gasteiger partial charge in [0.05, 0.1) is 0 Å². The van der Waals surface area contributed by atoms with Crippen LogP contribution >= 0.6 is 0 Å². The van der Waals surface area contributed by atoms with Crippen LogP contribution in [-0.2, 0) is 6.54 Å². The molecule has 78 valence electrons. The van der Waals surface area contributed by atoms with Crippen LogP contribution in [0.25, 0.3) is 0 Å². The van der Waals surface area contributed by atoms with Gasteiger partial charge in [-0.05, 0) is 18.6 Å². The molecule has 0 fully saturated rings. The van der Waals surface area contributed by atoms with Gasteiger partial charge in [-0.1, -0.05) is 25.1 Å². The molecule has 0 aliphatic heterocycles. The van der Waals surface area contributed by atoms with E-state index in [1.807, 2.05) is 42.7 Å². The van der Waals surface area contributed by atoms with Crippen molar-refractivity contribution in [1.82, 2.24) is 9.55 Å². The van der Waals surface area contributed by atoms with Gasteiger partial charge >= 0.3 is 0 Å². The molecule has 0 aliphatic carbocycles. The van der Waals surface area contributed by atoms with Gasteiger partial charge in [0.25, 0.3) is 0 Å². The summed E-state index contributed by atoms with van der Waals surface area (Å²) in [6.45, 7) is 3.15. The first-order valence-electron chi connectivity index (χ1n) is 5.23. The van der Waals surface area contributed by atoms with E-state index in [0.29, 0.717) is 0 Å². The van der Waals surface area contributed by atoms with Crippen LogP contribution in [0, 0.1) is 0 Å². The Balaban J connectivity index is 2.14. The molecule has 2 rings (SSSR count). The number of para-hydroxylation sites is 1. The molecule has 1 aromatic carbocycles. The van der Waals surface area contributed by atoms with Crippen molar-refractivity contribution in [2.24, 2.45) is 0 Å². The zero-order valence-corrected chi connectivity index (χ0v) is 8.85. The number of benzene rings is 1. The molecule has 1 aromatic heterocycles. The molecule has 1 heterocycles. The van der Waals surface area contributed by atoms with Gasteiger partial charge in [0, 0.05) is 24.6 Å². The van der Waals surface area contributed by atoms with E-state index in [1.165, 1.54) is 0 Å². The van der Waals surface area contributed by atoms with Crippen molar-refractivity contribution in [3.8, 4) is 0 Å². The lowest BCUT2D eigenvalue weighted by molar-refractivity contribution is 0.686. The average molecular weight is 201 g/mol. The fourth-order valence-corrected chi connectivity index (χ4v) is 1.51. The molecule has 0 saturated carbocycles. The Kier molecular flexibility index (Phi) is 3.02. The van der Waals surface area contributed by atoms with Gasteiger partial charge < -0.3 is 9.88 Å². The first-order chi connectivity index (χ1) is 7.40. The Morgan fingerprint density at radius 3 is 2.80 bits per heavy atom. The van der Waals surface area contributed by atoms with Crippen molar-refractivity contribution in [2.45, 2.75) is 19.9 Å². The highest BCUT2D eigenvalue weighted by Crippen LogP contribution is 2.14. The SMILES string of the molecule is CCCn1ccnc1Nc1ccccc1. The quantitative estimate of drug-likeness (QED) is 0.824. The molecule has 0 spiro atoms. The lowest BCUT2D eigenvalue weighted by atomic mass is 10.3. The second-order valence-electron chi connectivity index (χ2n) is 3.44. The van der Waals surface area contributed by atoms with Crippen molar-refractivity contribution in [1.29, 1.82) is 0 Å². The Morgan fingerprint density at radius 1 is 1.27 bits per heavy atom. The number of nitrogens with one attached hydrogen (secondary N) is 1. The monoisotopic (exact) mass is 201 g/mol. The molecular weight excluding hydrogens is 186 g/mol. The zero-order valence-electron chi connectivity index (χ0n) is 8.85. The summed E-state index contributed by atoms with van der Waals surface area (Å²) in [5.74, 6) is 0.906. The summed E-state index contributed by atoms with van der Waals surface area (Å²) in [5.41, 5.74) is 1.07. The standard InChI is InChI=1S/C12H15N3/c1-2-9-15-10-8-13-12(15)14-11-6-4-3-5-7-11/h3-8,10H,2,9H2,1H3,(H,13,14). The van der Waals surface area contributed by atoms with Crippen molar-refractivity contribution in [3.63, 3.8) is 0 Å². The third kappa shape index (κ3) is 2.37. The van der Waals surface area contributed by atoms with Crippen LogP contribution < -0.4 is 5.32 Å². The van der Waals surface area contributed by atoms with Gasteiger partial charge in [0.2, 0.25) is 5.95 Å². The van der Waals surface area contributed by atoms with Crippen molar-refractivity contribution in [2.75, 3.05) is 5.32 Å². The minimum Gasteiger partial charge on any atom is -0.326 e. The summed E-state index contributed by atoms with van der Waals surface area (Å²) < 4.78 is 2.12. The van der Waals surface area contributed by atoms with Gasteiger partial charge in [-0.3, -0.25) is 0 Å². The van der Waals surface area contributed by atoms with E-state index in [1.54, 1.807) is 0 Å². The molecule has 0 aliphatic rings. The Bertz CT molecular complexity index is 406. The van der Waals surface area contributed by atoms with Crippen molar-refractivity contribution in [3.05, 3.63) is 42.7 Å². The summed E-state index contributed by atoms with van der Waals surface area (Å²) in [6.07, 6.45) is 4.93. The largest absolute Gasteiger partial charge is 0.326 e. The predicted octanol–water partition coefficient (Wildman–Crippen LogP) is 3.04. The highest BCUT2D eigenvalue weighted by Gasteiger charge is 2.00. The van der Waals surface area contributed by atoms with E-state index in [-0.39, 0.29) is 0 Å². The summed E-state index contributed by atoms with van der Waals surface area (Å²) in [4.78, 5) is 4.28. The van der Waals surface area contributed by atoms with Gasteiger partial charge in [0.1, 0.15) is 0 Å². The molecule has 0 saturated heterocycles. The number of hydrogen-bond donors (Lipinski definition) is 1. The molecule has 0 radical (unpaired) electrons. The van der Waals surface area contributed by atoms with Gasteiger partial charge in [-0.15, -0.1) is 0 Å². The van der Waals surface area contributed by atoms with E-state index in [2.05, 4.69) is 21.8 Å². The molecule has 0 amide bonds. The van der Waals surface area contributed by atoms with Gasteiger partial charge in [-0.25, -0.2) is 4.98 Å². The fourth-order valence-electron chi connectivity index (χ4n) is 1.51. The summed E-state index contributed by atoms with van der Waals surface area (Å²) in [7, 11) is 0. The minimum atomic E-state index is 0.906. The summed E-state index contributed by atoms with van der Waals surface area (Å²) >= 11 is 0. The maximum Gasteiger partial charge on any atom is 0.207 e. The lowest BCUT2D eigenvalue weighted by Crippen LogP contribution is -2.02. The number of nitrogens with zero attached hydrogens (tertiary/aromatic N) is 2. The Morgan fingerprint density at radius 2 is 2.07 bits per heavy atom. The van der Waals surface area contributed by atoms with Gasteiger partial charge in [-0.2, -0.15) is 0 Å². The Labute approximate surface area is 89.8 Å². The second kappa shape index (κ2) is 4.64. The normalized spacial score (nSPS) is 10.2. The molecular formula is C12H15N3. The predicted molar refractivity (Wildman–Crippen MR) is 62.2 cm³/mol. The number of anilines is 2. The smallest absolute Gasteiger partial charge is 0.207 e. The molecule has 0 unspecified atom stereocenters. The first kappa shape index (κ1) is 9.77. The molecule has 2 aromatic rings. The van der Waals surface area contributed by atoms with Gasteiger partial charge in [0.15, 0.2) is 0 Å². The average Bonchev–Trinajstić information content (AvgIpc) is 2.68. The van der Waals surface area contributed by atoms with Crippen molar-refractivity contribution < 1.29 is 0 Å². The molecule has 15 heavy (non-hydrogen) atoms. The highest BCUT2D eigenvalue weighted by atomic mass is 15.2. The van der Waals surface area contributed by atoms with Crippen LogP contribution in [0.1, 0.15) is 13.3 Å². The second-order valence-corrected chi connectivity index (χ2v) is 3.44. The molecule has 3 heteroatoms. The van der Waals surface area contributed by atoms with E-state index < -0.39 is 0 Å². The Hall–Kier alpha value is -1.77. The van der Waals surface area contributed by atoms with Crippen LogP contribution in [-0.4, -0.2) is 9.55 Å². The first-order valence-corrected chi connectivity index (χ1v) is 5.23. The van der Waals surface area contributed by atoms with Crippen LogP contribution in [0.15, 0.2) is 42.7 Å². The maximum atomic E-state index is 4.28. The molecule has 0 atom stereocenters. The lowest BCUT2D eigenvalue weighted by Gasteiger charge is -2.08. The zero-order chi connectivity index (χ0) is 10.5. The molecule has 1 N–H and O–H groups in total. The highest BCUT2D eigenvalue weighted by molar-refractivity contribution is 5.52. The van der Waals surface area contributed by atoms with Crippen LogP contribution in [0.2, 0.25) is 0 Å². The van der Waals surface area contributed by atoms with E-state index in [0.717, 1.165) is 24.6 Å². The van der Waals surface area contributed by atoms with E-state index in [4.69, 9.17) is 0 Å². The minimum absolute atomic E-state index is 0.906. The van der Waals surface area contributed by atoms with Crippen LogP contribution in [0.3, 0.4) is 0 Å². The third-order valence-electron chi connectivity index (χ3n) is 2.21. The fraction of sp³-hybridized carbons (Fsp3) is 0.250. The number of imidazole rings is 1. The number of hydrogen-bond acceptors (Lipinski definition) is 2. The number of aryl methyl sites for hydroxylation is 1. The third-order valence-corrected chi connectivity index (χ3v) is 2.21. The maximum absolute atomic E-state index is 4.28. The van der Waals surface area contributed by atoms with E-state index >= 15 is 0 Å².